The van der Waals surface area contributed by atoms with Crippen molar-refractivity contribution in [2.24, 2.45) is 0 Å². The van der Waals surface area contributed by atoms with Crippen molar-refractivity contribution in [1.82, 2.24) is 9.62 Å². The first kappa shape index (κ1) is 19.8. The minimum absolute atomic E-state index is 0.0404. The molecule has 0 spiro atoms. The Bertz CT molecular complexity index is 946. The normalized spacial score (nSPS) is 14.6. The Morgan fingerprint density at radius 1 is 1.19 bits per heavy atom. The third-order valence-electron chi connectivity index (χ3n) is 4.54. The van der Waals surface area contributed by atoms with Gasteiger partial charge in [-0.1, -0.05) is 35.9 Å². The zero-order chi connectivity index (χ0) is 19.4. The van der Waals surface area contributed by atoms with Crippen LogP contribution in [0, 0.1) is 0 Å². The van der Waals surface area contributed by atoms with Gasteiger partial charge in [0.05, 0.1) is 15.5 Å². The summed E-state index contributed by atoms with van der Waals surface area (Å²) < 4.78 is 27.5. The average molecular weight is 409 g/mol. The Morgan fingerprint density at radius 2 is 1.93 bits per heavy atom. The number of benzene rings is 2. The number of hydrogen-bond donors (Lipinski definition) is 2. The molecular weight excluding hydrogens is 388 g/mol. The van der Waals surface area contributed by atoms with Crippen molar-refractivity contribution in [2.75, 3.05) is 19.7 Å². The molecular formula is C19H21ClN2O4S. The molecule has 0 saturated heterocycles. The molecule has 144 valence electrons. The van der Waals surface area contributed by atoms with Gasteiger partial charge in [-0.15, -0.1) is 0 Å². The number of carbonyl (C=O) groups is 1. The zero-order valence-electron chi connectivity index (χ0n) is 14.7. The van der Waals surface area contributed by atoms with E-state index in [0.29, 0.717) is 25.9 Å². The van der Waals surface area contributed by atoms with Gasteiger partial charge in [0, 0.05) is 26.2 Å². The van der Waals surface area contributed by atoms with Crippen LogP contribution in [0.25, 0.3) is 0 Å². The number of nitrogens with one attached hydrogen (secondary N) is 1. The van der Waals surface area contributed by atoms with Crippen molar-refractivity contribution >= 4 is 27.5 Å². The molecule has 0 aromatic heterocycles. The maximum atomic E-state index is 13.1. The fourth-order valence-corrected chi connectivity index (χ4v) is 4.69. The molecule has 6 nitrogen and oxygen atoms in total. The highest BCUT2D eigenvalue weighted by Crippen LogP contribution is 2.27. The first-order valence-corrected chi connectivity index (χ1v) is 10.5. The molecule has 0 aliphatic carbocycles. The van der Waals surface area contributed by atoms with E-state index >= 15 is 0 Å². The summed E-state index contributed by atoms with van der Waals surface area (Å²) in [6.45, 7) is 0.934. The number of rotatable bonds is 6. The van der Waals surface area contributed by atoms with Gasteiger partial charge in [0.2, 0.25) is 10.0 Å². The number of amides is 1. The van der Waals surface area contributed by atoms with E-state index in [1.165, 1.54) is 22.5 Å². The SMILES string of the molecule is O=C(NCCCO)c1cc(S(=O)(=O)N2CCc3ccccc3C2)ccc1Cl. The molecule has 8 heteroatoms. The highest BCUT2D eigenvalue weighted by molar-refractivity contribution is 7.89. The number of sulfonamides is 1. The van der Waals surface area contributed by atoms with Crippen LogP contribution in [0.15, 0.2) is 47.4 Å². The molecule has 0 radical (unpaired) electrons. The molecule has 1 heterocycles. The number of fused-ring (bicyclic) bond motifs is 1. The van der Waals surface area contributed by atoms with Crippen LogP contribution in [0.3, 0.4) is 0 Å². The van der Waals surface area contributed by atoms with E-state index in [4.69, 9.17) is 16.7 Å². The van der Waals surface area contributed by atoms with Crippen LogP contribution in [0.1, 0.15) is 27.9 Å². The molecule has 0 atom stereocenters. The fraction of sp³-hybridized carbons (Fsp3) is 0.316. The monoisotopic (exact) mass is 408 g/mol. The molecule has 1 aliphatic heterocycles. The highest BCUT2D eigenvalue weighted by atomic mass is 35.5. The molecule has 3 rings (SSSR count). The summed E-state index contributed by atoms with van der Waals surface area (Å²) in [5.74, 6) is -0.463. The molecule has 2 aromatic rings. The second kappa shape index (κ2) is 8.39. The second-order valence-corrected chi connectivity index (χ2v) is 8.68. The molecule has 0 fully saturated rings. The van der Waals surface area contributed by atoms with Crippen LogP contribution in [0.2, 0.25) is 5.02 Å². The molecule has 1 amide bonds. The van der Waals surface area contributed by atoms with Crippen LogP contribution < -0.4 is 5.32 Å². The van der Waals surface area contributed by atoms with Gasteiger partial charge in [0.15, 0.2) is 0 Å². The van der Waals surface area contributed by atoms with Crippen molar-refractivity contribution in [1.29, 1.82) is 0 Å². The van der Waals surface area contributed by atoms with E-state index in [9.17, 15) is 13.2 Å². The van der Waals surface area contributed by atoms with Gasteiger partial charge >= 0.3 is 0 Å². The molecule has 27 heavy (non-hydrogen) atoms. The first-order chi connectivity index (χ1) is 12.9. The van der Waals surface area contributed by atoms with Crippen LogP contribution in [0.4, 0.5) is 0 Å². The van der Waals surface area contributed by atoms with Crippen molar-refractivity contribution in [3.8, 4) is 0 Å². The quantitative estimate of drug-likeness (QED) is 0.717. The van der Waals surface area contributed by atoms with Gasteiger partial charge in [-0.25, -0.2) is 8.42 Å². The minimum atomic E-state index is -3.75. The molecule has 0 bridgehead atoms. The summed E-state index contributed by atoms with van der Waals surface area (Å²) in [5, 5.41) is 11.6. The van der Waals surface area contributed by atoms with E-state index in [1.807, 2.05) is 24.3 Å². The van der Waals surface area contributed by atoms with Crippen molar-refractivity contribution in [3.63, 3.8) is 0 Å². The maximum Gasteiger partial charge on any atom is 0.252 e. The third kappa shape index (κ3) is 4.32. The lowest BCUT2D eigenvalue weighted by Crippen LogP contribution is -2.36. The fourth-order valence-electron chi connectivity index (χ4n) is 3.04. The van der Waals surface area contributed by atoms with Crippen LogP contribution >= 0.6 is 11.6 Å². The van der Waals surface area contributed by atoms with E-state index < -0.39 is 15.9 Å². The lowest BCUT2D eigenvalue weighted by atomic mass is 10.0. The molecule has 2 N–H and O–H groups in total. The van der Waals surface area contributed by atoms with Gasteiger partial charge in [0.25, 0.3) is 5.91 Å². The van der Waals surface area contributed by atoms with E-state index in [2.05, 4.69) is 5.32 Å². The Hall–Kier alpha value is -1.93. The highest BCUT2D eigenvalue weighted by Gasteiger charge is 2.29. The van der Waals surface area contributed by atoms with E-state index in [-0.39, 0.29) is 28.6 Å². The number of aliphatic hydroxyl groups excluding tert-OH is 1. The van der Waals surface area contributed by atoms with Gasteiger partial charge in [0.1, 0.15) is 0 Å². The molecule has 2 aromatic carbocycles. The topological polar surface area (TPSA) is 86.7 Å². The van der Waals surface area contributed by atoms with E-state index in [0.717, 1.165) is 11.1 Å². The molecule has 0 saturated carbocycles. The smallest absolute Gasteiger partial charge is 0.252 e. The summed E-state index contributed by atoms with van der Waals surface area (Å²) in [5.41, 5.74) is 2.25. The number of carbonyl (C=O) groups excluding carboxylic acids is 1. The zero-order valence-corrected chi connectivity index (χ0v) is 16.3. The maximum absolute atomic E-state index is 13.1. The van der Waals surface area contributed by atoms with Crippen molar-refractivity contribution in [3.05, 3.63) is 64.2 Å². The van der Waals surface area contributed by atoms with Gasteiger partial charge in [-0.05, 0) is 42.2 Å². The number of aliphatic hydroxyl groups is 1. The lowest BCUT2D eigenvalue weighted by molar-refractivity contribution is 0.0951. The summed E-state index contributed by atoms with van der Waals surface area (Å²) >= 11 is 6.09. The average Bonchev–Trinajstić information content (AvgIpc) is 2.67. The molecule has 0 unspecified atom stereocenters. The summed E-state index contributed by atoms with van der Waals surface area (Å²) in [4.78, 5) is 12.3. The largest absolute Gasteiger partial charge is 0.396 e. The summed E-state index contributed by atoms with van der Waals surface area (Å²) in [7, 11) is -3.75. The second-order valence-electron chi connectivity index (χ2n) is 6.33. The Morgan fingerprint density at radius 3 is 2.67 bits per heavy atom. The standard InChI is InChI=1S/C19H21ClN2O4S/c20-18-7-6-16(12-17(18)19(24)21-9-3-11-23)27(25,26)22-10-8-14-4-1-2-5-15(14)13-22/h1-2,4-7,12,23H,3,8-11,13H2,(H,21,24). The van der Waals surface area contributed by atoms with Crippen molar-refractivity contribution in [2.45, 2.75) is 24.3 Å². The minimum Gasteiger partial charge on any atom is -0.396 e. The summed E-state index contributed by atoms with van der Waals surface area (Å²) in [6.07, 6.45) is 1.06. The third-order valence-corrected chi connectivity index (χ3v) is 6.71. The number of hydrogen-bond acceptors (Lipinski definition) is 4. The van der Waals surface area contributed by atoms with Gasteiger partial charge in [-0.3, -0.25) is 4.79 Å². The van der Waals surface area contributed by atoms with Crippen LogP contribution in [-0.4, -0.2) is 43.4 Å². The predicted octanol–water partition coefficient (Wildman–Crippen LogP) is 2.20. The Kier molecular flexibility index (Phi) is 6.16. The van der Waals surface area contributed by atoms with Crippen LogP contribution in [-0.2, 0) is 23.0 Å². The predicted molar refractivity (Wildman–Crippen MR) is 103 cm³/mol. The van der Waals surface area contributed by atoms with E-state index in [1.54, 1.807) is 0 Å². The first-order valence-electron chi connectivity index (χ1n) is 8.69. The Labute approximate surface area is 163 Å². The number of nitrogens with zero attached hydrogens (tertiary/aromatic N) is 1. The number of halogens is 1. The van der Waals surface area contributed by atoms with Crippen molar-refractivity contribution < 1.29 is 18.3 Å². The molecule has 1 aliphatic rings. The summed E-state index contributed by atoms with van der Waals surface area (Å²) in [6, 6.07) is 11.9. The van der Waals surface area contributed by atoms with Gasteiger partial charge < -0.3 is 10.4 Å². The lowest BCUT2D eigenvalue weighted by Gasteiger charge is -2.28. The Balaban J connectivity index is 1.85. The van der Waals surface area contributed by atoms with Crippen LogP contribution in [0.5, 0.6) is 0 Å². The van der Waals surface area contributed by atoms with Gasteiger partial charge in [-0.2, -0.15) is 4.31 Å².